The molecule has 0 bridgehead atoms. The Labute approximate surface area is 124 Å². The highest BCUT2D eigenvalue weighted by Gasteiger charge is 2.04. The van der Waals surface area contributed by atoms with E-state index in [2.05, 4.69) is 26.0 Å². The van der Waals surface area contributed by atoms with Gasteiger partial charge in [0.15, 0.2) is 0 Å². The molecule has 0 aliphatic rings. The minimum atomic E-state index is 0.550. The van der Waals surface area contributed by atoms with E-state index in [1.54, 1.807) is 0 Å². The van der Waals surface area contributed by atoms with Crippen molar-refractivity contribution in [1.82, 2.24) is 0 Å². The standard InChI is InChI=1S/C18H31NO/c1-3-4-5-6-7-8-9-10-14-20-18-16(2)12-11-13-17(18)15-19/h11-13H,3-10,14-15,19H2,1-2H3. The topological polar surface area (TPSA) is 35.2 Å². The minimum Gasteiger partial charge on any atom is -0.493 e. The van der Waals surface area contributed by atoms with Gasteiger partial charge < -0.3 is 10.5 Å². The van der Waals surface area contributed by atoms with Gasteiger partial charge in [-0.3, -0.25) is 0 Å². The van der Waals surface area contributed by atoms with Crippen molar-refractivity contribution in [2.45, 2.75) is 71.8 Å². The van der Waals surface area contributed by atoms with Crippen molar-refractivity contribution < 1.29 is 4.74 Å². The third kappa shape index (κ3) is 6.42. The monoisotopic (exact) mass is 277 g/mol. The predicted molar refractivity (Wildman–Crippen MR) is 87.2 cm³/mol. The lowest BCUT2D eigenvalue weighted by Gasteiger charge is -2.13. The van der Waals surface area contributed by atoms with E-state index < -0.39 is 0 Å². The van der Waals surface area contributed by atoms with E-state index in [0.29, 0.717) is 6.54 Å². The van der Waals surface area contributed by atoms with E-state index in [1.165, 1.54) is 50.5 Å². The first kappa shape index (κ1) is 17.0. The quantitative estimate of drug-likeness (QED) is 0.579. The van der Waals surface area contributed by atoms with Crippen molar-refractivity contribution in [3.8, 4) is 5.75 Å². The summed E-state index contributed by atoms with van der Waals surface area (Å²) in [4.78, 5) is 0. The molecule has 0 spiro atoms. The largest absolute Gasteiger partial charge is 0.493 e. The average Bonchev–Trinajstić information content (AvgIpc) is 2.46. The Morgan fingerprint density at radius 2 is 1.60 bits per heavy atom. The SMILES string of the molecule is CCCCCCCCCCOc1c(C)cccc1CN. The third-order valence-electron chi connectivity index (χ3n) is 3.76. The van der Waals surface area contributed by atoms with Gasteiger partial charge in [-0.05, 0) is 18.9 Å². The zero-order chi connectivity index (χ0) is 14.6. The molecule has 1 aromatic rings. The fourth-order valence-electron chi connectivity index (χ4n) is 2.49. The van der Waals surface area contributed by atoms with Crippen molar-refractivity contribution in [2.75, 3.05) is 6.61 Å². The maximum Gasteiger partial charge on any atom is 0.126 e. The Balaban J connectivity index is 2.12. The fraction of sp³-hybridized carbons (Fsp3) is 0.667. The van der Waals surface area contributed by atoms with Crippen LogP contribution in [0.3, 0.4) is 0 Å². The Hall–Kier alpha value is -1.02. The molecule has 0 fully saturated rings. The molecule has 0 saturated carbocycles. The van der Waals surface area contributed by atoms with Crippen molar-refractivity contribution in [2.24, 2.45) is 5.73 Å². The predicted octanol–water partition coefficient (Wildman–Crippen LogP) is 4.97. The van der Waals surface area contributed by atoms with Gasteiger partial charge in [0.1, 0.15) is 5.75 Å². The molecule has 2 N–H and O–H groups in total. The van der Waals surface area contributed by atoms with E-state index in [1.807, 2.05) is 6.07 Å². The van der Waals surface area contributed by atoms with Crippen LogP contribution in [0, 0.1) is 6.92 Å². The van der Waals surface area contributed by atoms with Crippen molar-refractivity contribution in [3.63, 3.8) is 0 Å². The summed E-state index contributed by atoms with van der Waals surface area (Å²) in [5, 5.41) is 0. The van der Waals surface area contributed by atoms with Gasteiger partial charge in [-0.2, -0.15) is 0 Å². The number of nitrogens with two attached hydrogens (primary N) is 1. The summed E-state index contributed by atoms with van der Waals surface area (Å²) in [7, 11) is 0. The lowest BCUT2D eigenvalue weighted by atomic mass is 10.1. The van der Waals surface area contributed by atoms with Gasteiger partial charge in [0, 0.05) is 12.1 Å². The van der Waals surface area contributed by atoms with Crippen LogP contribution in [0.25, 0.3) is 0 Å². The van der Waals surface area contributed by atoms with E-state index in [-0.39, 0.29) is 0 Å². The molecule has 0 heterocycles. The number of hydrogen-bond donors (Lipinski definition) is 1. The van der Waals surface area contributed by atoms with Gasteiger partial charge in [-0.25, -0.2) is 0 Å². The van der Waals surface area contributed by atoms with Gasteiger partial charge in [0.25, 0.3) is 0 Å². The van der Waals surface area contributed by atoms with Gasteiger partial charge in [-0.1, -0.05) is 70.1 Å². The van der Waals surface area contributed by atoms with Gasteiger partial charge >= 0.3 is 0 Å². The summed E-state index contributed by atoms with van der Waals surface area (Å²) < 4.78 is 5.92. The van der Waals surface area contributed by atoms with Crippen LogP contribution in [0.4, 0.5) is 0 Å². The summed E-state index contributed by atoms with van der Waals surface area (Å²) in [6, 6.07) is 6.18. The number of hydrogen-bond acceptors (Lipinski definition) is 2. The molecule has 114 valence electrons. The first-order chi connectivity index (χ1) is 9.79. The summed E-state index contributed by atoms with van der Waals surface area (Å²) >= 11 is 0. The first-order valence-electron chi connectivity index (χ1n) is 8.21. The normalized spacial score (nSPS) is 10.8. The number of ether oxygens (including phenoxy) is 1. The maximum atomic E-state index is 5.92. The highest BCUT2D eigenvalue weighted by atomic mass is 16.5. The second kappa shape index (κ2) is 10.7. The van der Waals surface area contributed by atoms with Gasteiger partial charge in [0.05, 0.1) is 6.61 Å². The number of para-hydroxylation sites is 1. The summed E-state index contributed by atoms with van der Waals surface area (Å²) in [5.74, 6) is 0.998. The smallest absolute Gasteiger partial charge is 0.126 e. The zero-order valence-electron chi connectivity index (χ0n) is 13.3. The van der Waals surface area contributed by atoms with Crippen LogP contribution in [0.1, 0.15) is 69.4 Å². The summed E-state index contributed by atoms with van der Waals surface area (Å²) in [6.45, 7) is 5.71. The Morgan fingerprint density at radius 1 is 0.950 bits per heavy atom. The van der Waals surface area contributed by atoms with E-state index in [4.69, 9.17) is 10.5 Å². The second-order valence-electron chi connectivity index (χ2n) is 5.59. The molecule has 1 rings (SSSR count). The van der Waals surface area contributed by atoms with Crippen LogP contribution in [-0.2, 0) is 6.54 Å². The lowest BCUT2D eigenvalue weighted by Crippen LogP contribution is -2.05. The highest BCUT2D eigenvalue weighted by Crippen LogP contribution is 2.23. The van der Waals surface area contributed by atoms with Crippen molar-refractivity contribution >= 4 is 0 Å². The van der Waals surface area contributed by atoms with Crippen LogP contribution in [0.15, 0.2) is 18.2 Å². The van der Waals surface area contributed by atoms with E-state index in [9.17, 15) is 0 Å². The number of unbranched alkanes of at least 4 members (excludes halogenated alkanes) is 7. The molecule has 0 aliphatic heterocycles. The molecule has 0 radical (unpaired) electrons. The number of rotatable bonds is 11. The zero-order valence-corrected chi connectivity index (χ0v) is 13.3. The molecule has 0 unspecified atom stereocenters. The van der Waals surface area contributed by atoms with Crippen LogP contribution in [-0.4, -0.2) is 6.61 Å². The van der Waals surface area contributed by atoms with Crippen LogP contribution < -0.4 is 10.5 Å². The Kier molecular flexibility index (Phi) is 9.14. The third-order valence-corrected chi connectivity index (χ3v) is 3.76. The molecule has 20 heavy (non-hydrogen) atoms. The van der Waals surface area contributed by atoms with Crippen LogP contribution in [0.2, 0.25) is 0 Å². The highest BCUT2D eigenvalue weighted by molar-refractivity contribution is 5.40. The van der Waals surface area contributed by atoms with Crippen molar-refractivity contribution in [1.29, 1.82) is 0 Å². The lowest BCUT2D eigenvalue weighted by molar-refractivity contribution is 0.299. The molecule has 0 saturated heterocycles. The molecular formula is C18H31NO. The van der Waals surface area contributed by atoms with Gasteiger partial charge in [-0.15, -0.1) is 0 Å². The summed E-state index contributed by atoms with van der Waals surface area (Å²) in [5.41, 5.74) is 8.05. The first-order valence-corrected chi connectivity index (χ1v) is 8.21. The van der Waals surface area contributed by atoms with E-state index in [0.717, 1.165) is 24.3 Å². The van der Waals surface area contributed by atoms with Gasteiger partial charge in [0.2, 0.25) is 0 Å². The fourth-order valence-corrected chi connectivity index (χ4v) is 2.49. The molecule has 1 aromatic carbocycles. The molecule has 2 nitrogen and oxygen atoms in total. The van der Waals surface area contributed by atoms with Crippen LogP contribution in [0.5, 0.6) is 5.75 Å². The molecule has 2 heteroatoms. The van der Waals surface area contributed by atoms with E-state index >= 15 is 0 Å². The maximum absolute atomic E-state index is 5.92. The molecule has 0 aliphatic carbocycles. The molecule has 0 amide bonds. The van der Waals surface area contributed by atoms with Crippen LogP contribution >= 0.6 is 0 Å². The average molecular weight is 277 g/mol. The second-order valence-corrected chi connectivity index (χ2v) is 5.59. The minimum absolute atomic E-state index is 0.550. The van der Waals surface area contributed by atoms with Crippen molar-refractivity contribution in [3.05, 3.63) is 29.3 Å². The number of aryl methyl sites for hydroxylation is 1. The molecule has 0 aromatic heterocycles. The number of benzene rings is 1. The summed E-state index contributed by atoms with van der Waals surface area (Å²) in [6.07, 6.45) is 10.6. The molecule has 0 atom stereocenters. The molecular weight excluding hydrogens is 246 g/mol. The Morgan fingerprint density at radius 3 is 2.25 bits per heavy atom. The Bertz CT molecular complexity index is 362.